The molecule has 0 aromatic carbocycles. The lowest BCUT2D eigenvalue weighted by Gasteiger charge is -2.39. The molecule has 2 unspecified atom stereocenters. The lowest BCUT2D eigenvalue weighted by molar-refractivity contribution is -0.171. The molecule has 2 atom stereocenters. The van der Waals surface area contributed by atoms with E-state index >= 15 is 0 Å². The average molecular weight is 489 g/mol. The lowest BCUT2D eigenvalue weighted by atomic mass is 9.65. The number of rotatable bonds is 18. The highest BCUT2D eigenvalue weighted by Gasteiger charge is 2.49. The van der Waals surface area contributed by atoms with E-state index < -0.39 is 46.7 Å². The van der Waals surface area contributed by atoms with Gasteiger partial charge in [-0.3, -0.25) is 14.4 Å². The van der Waals surface area contributed by atoms with Gasteiger partial charge in [0.15, 0.2) is 6.61 Å². The van der Waals surface area contributed by atoms with Crippen LogP contribution in [0.2, 0.25) is 0 Å². The maximum Gasteiger partial charge on any atom is 0.341 e. The summed E-state index contributed by atoms with van der Waals surface area (Å²) in [6.45, 7) is 12.7. The van der Waals surface area contributed by atoms with E-state index in [1.165, 1.54) is 0 Å². The van der Waals surface area contributed by atoms with E-state index in [2.05, 4.69) is 0 Å². The molecule has 198 valence electrons. The van der Waals surface area contributed by atoms with Crippen LogP contribution >= 0.6 is 0 Å². The molecule has 0 heterocycles. The van der Waals surface area contributed by atoms with Crippen LogP contribution in [0.1, 0.15) is 87.0 Å². The van der Waals surface area contributed by atoms with Crippen LogP contribution in [0.15, 0.2) is 0 Å². The van der Waals surface area contributed by atoms with Gasteiger partial charge in [-0.15, -0.1) is 0 Å². The minimum absolute atomic E-state index is 0.00900. The molecule has 0 aromatic heterocycles. The Bertz CT molecular complexity index is 673. The van der Waals surface area contributed by atoms with Crippen LogP contribution < -0.4 is 0 Å². The van der Waals surface area contributed by atoms with Gasteiger partial charge in [-0.25, -0.2) is 4.79 Å². The van der Waals surface area contributed by atoms with Crippen LogP contribution in [0.4, 0.5) is 0 Å². The monoisotopic (exact) mass is 488 g/mol. The lowest BCUT2D eigenvalue weighted by Crippen LogP contribution is -2.44. The molecule has 9 heteroatoms. The van der Waals surface area contributed by atoms with Crippen LogP contribution in [0, 0.1) is 16.2 Å². The summed E-state index contributed by atoms with van der Waals surface area (Å²) in [5.74, 6) is -2.98. The van der Waals surface area contributed by atoms with E-state index in [0.717, 1.165) is 19.3 Å². The topological polar surface area (TPSA) is 125 Å². The smallest absolute Gasteiger partial charge is 0.341 e. The Balaban J connectivity index is 5.76. The molecule has 0 saturated heterocycles. The highest BCUT2D eigenvalue weighted by Crippen LogP contribution is 2.45. The van der Waals surface area contributed by atoms with E-state index in [1.54, 1.807) is 27.7 Å². The molecular weight excluding hydrogens is 444 g/mol. The molecule has 1 N–H and O–H groups in total. The van der Waals surface area contributed by atoms with Crippen molar-refractivity contribution < 1.29 is 43.2 Å². The largest absolute Gasteiger partial charge is 0.479 e. The van der Waals surface area contributed by atoms with Crippen molar-refractivity contribution in [2.24, 2.45) is 16.2 Å². The molecule has 34 heavy (non-hydrogen) atoms. The summed E-state index contributed by atoms with van der Waals surface area (Å²) in [6.07, 6.45) is 2.96. The van der Waals surface area contributed by atoms with Gasteiger partial charge < -0.3 is 24.1 Å². The first kappa shape index (κ1) is 31.8. The van der Waals surface area contributed by atoms with Crippen LogP contribution in [-0.2, 0) is 38.1 Å². The first-order valence-electron chi connectivity index (χ1n) is 12.1. The Morgan fingerprint density at radius 3 is 1.79 bits per heavy atom. The van der Waals surface area contributed by atoms with Crippen LogP contribution in [0.25, 0.3) is 0 Å². The Labute approximate surface area is 203 Å². The van der Waals surface area contributed by atoms with Crippen molar-refractivity contribution in [1.82, 2.24) is 0 Å². The second-order valence-electron chi connectivity index (χ2n) is 9.92. The zero-order valence-electron chi connectivity index (χ0n) is 22.0. The first-order chi connectivity index (χ1) is 15.8. The zero-order chi connectivity index (χ0) is 26.4. The molecule has 9 nitrogen and oxygen atoms in total. The Morgan fingerprint density at radius 2 is 1.26 bits per heavy atom. The molecule has 0 aromatic rings. The summed E-state index contributed by atoms with van der Waals surface area (Å²) in [5.41, 5.74) is -3.44. The standard InChI is InChI=1S/C25H44O9/c1-8-11-13-32-21(29)24(6,10-3)18-25(7,22(30)33-15-14-31-12-9-2)17-23(4,5)20(28)34-16-19(26)27/h8-18H2,1-7H3,(H,26,27). The minimum Gasteiger partial charge on any atom is -0.479 e. The number of hydrogen-bond donors (Lipinski definition) is 1. The molecule has 0 aliphatic rings. The van der Waals surface area contributed by atoms with Gasteiger partial charge >= 0.3 is 23.9 Å². The first-order valence-corrected chi connectivity index (χ1v) is 12.1. The minimum atomic E-state index is -1.27. The van der Waals surface area contributed by atoms with E-state index in [-0.39, 0.29) is 26.1 Å². The Kier molecular flexibility index (Phi) is 14.0. The van der Waals surface area contributed by atoms with Gasteiger partial charge in [-0.05, 0) is 59.8 Å². The third-order valence-corrected chi connectivity index (χ3v) is 5.80. The molecule has 0 aliphatic heterocycles. The Hall–Kier alpha value is -2.16. The van der Waals surface area contributed by atoms with Gasteiger partial charge in [0.25, 0.3) is 0 Å². The van der Waals surface area contributed by atoms with E-state index in [9.17, 15) is 19.2 Å². The summed E-state index contributed by atoms with van der Waals surface area (Å²) in [4.78, 5) is 49.6. The number of carboxylic acid groups (broad SMARTS) is 1. The number of hydrogen-bond acceptors (Lipinski definition) is 8. The van der Waals surface area contributed by atoms with Gasteiger partial charge in [-0.2, -0.15) is 0 Å². The number of carbonyl (C=O) groups excluding carboxylic acids is 3. The fourth-order valence-electron chi connectivity index (χ4n) is 3.88. The van der Waals surface area contributed by atoms with Crippen molar-refractivity contribution in [3.63, 3.8) is 0 Å². The van der Waals surface area contributed by atoms with Crippen molar-refractivity contribution in [2.45, 2.75) is 87.0 Å². The van der Waals surface area contributed by atoms with Crippen LogP contribution in [-0.4, -0.2) is 62.0 Å². The molecule has 0 aliphatic carbocycles. The van der Waals surface area contributed by atoms with E-state index in [4.69, 9.17) is 24.1 Å². The number of carbonyl (C=O) groups is 4. The van der Waals surface area contributed by atoms with Crippen LogP contribution in [0.3, 0.4) is 0 Å². The molecule has 0 bridgehead atoms. The second kappa shape index (κ2) is 15.0. The van der Waals surface area contributed by atoms with Crippen molar-refractivity contribution in [3.8, 4) is 0 Å². The number of unbranched alkanes of at least 4 members (excludes halogenated alkanes) is 1. The summed E-state index contributed by atoms with van der Waals surface area (Å²) in [6, 6.07) is 0. The summed E-state index contributed by atoms with van der Waals surface area (Å²) in [7, 11) is 0. The van der Waals surface area contributed by atoms with Crippen LogP contribution in [0.5, 0.6) is 0 Å². The van der Waals surface area contributed by atoms with Gasteiger partial charge in [0.2, 0.25) is 0 Å². The van der Waals surface area contributed by atoms with Crippen molar-refractivity contribution in [2.75, 3.05) is 33.0 Å². The maximum absolute atomic E-state index is 13.3. The molecule has 0 amide bonds. The molecule has 0 fully saturated rings. The molecule has 0 saturated carbocycles. The van der Waals surface area contributed by atoms with Crippen molar-refractivity contribution in [3.05, 3.63) is 0 Å². The number of carboxylic acids is 1. The van der Waals surface area contributed by atoms with Gasteiger partial charge in [0.05, 0.1) is 29.5 Å². The highest BCUT2D eigenvalue weighted by atomic mass is 16.6. The summed E-state index contributed by atoms with van der Waals surface area (Å²) >= 11 is 0. The predicted molar refractivity (Wildman–Crippen MR) is 126 cm³/mol. The molecule has 0 rings (SSSR count). The second-order valence-corrected chi connectivity index (χ2v) is 9.92. The predicted octanol–water partition coefficient (Wildman–Crippen LogP) is 4.16. The number of aliphatic carboxylic acids is 1. The average Bonchev–Trinajstić information content (AvgIpc) is 2.76. The number of ether oxygens (including phenoxy) is 4. The SMILES string of the molecule is CCCCOC(=O)C(C)(CC)CC(C)(CC(C)(C)C(=O)OCC(=O)O)C(=O)OCCOCCC. The molecular formula is C25H44O9. The van der Waals surface area contributed by atoms with E-state index in [1.807, 2.05) is 20.8 Å². The van der Waals surface area contributed by atoms with Crippen molar-refractivity contribution in [1.29, 1.82) is 0 Å². The quantitative estimate of drug-likeness (QED) is 0.172. The summed E-state index contributed by atoms with van der Waals surface area (Å²) < 4.78 is 21.2. The Morgan fingerprint density at radius 1 is 0.676 bits per heavy atom. The zero-order valence-corrected chi connectivity index (χ0v) is 22.0. The van der Waals surface area contributed by atoms with E-state index in [0.29, 0.717) is 19.6 Å². The number of esters is 3. The fourth-order valence-corrected chi connectivity index (χ4v) is 3.88. The summed E-state index contributed by atoms with van der Waals surface area (Å²) in [5, 5.41) is 8.83. The third-order valence-electron chi connectivity index (χ3n) is 5.80. The van der Waals surface area contributed by atoms with Gasteiger partial charge in [-0.1, -0.05) is 27.2 Å². The third kappa shape index (κ3) is 10.8. The molecule has 0 spiro atoms. The van der Waals surface area contributed by atoms with Gasteiger partial charge in [0, 0.05) is 6.61 Å². The fraction of sp³-hybridized carbons (Fsp3) is 0.840. The normalized spacial score (nSPS) is 15.0. The highest BCUT2D eigenvalue weighted by molar-refractivity contribution is 5.83. The van der Waals surface area contributed by atoms with Crippen molar-refractivity contribution >= 4 is 23.9 Å². The molecule has 0 radical (unpaired) electrons. The maximum atomic E-state index is 13.3. The van der Waals surface area contributed by atoms with Gasteiger partial charge in [0.1, 0.15) is 6.61 Å².